The molecule has 0 bridgehead atoms. The predicted molar refractivity (Wildman–Crippen MR) is 144 cm³/mol. The van der Waals surface area contributed by atoms with E-state index in [1.807, 2.05) is 26.8 Å². The molecule has 6 nitrogen and oxygen atoms in total. The van der Waals surface area contributed by atoms with Gasteiger partial charge < -0.3 is 10.0 Å². The number of likely N-dealkylation sites (tertiary alicyclic amines) is 1. The summed E-state index contributed by atoms with van der Waals surface area (Å²) in [7, 11) is 0. The van der Waals surface area contributed by atoms with Gasteiger partial charge in [-0.05, 0) is 68.9 Å². The van der Waals surface area contributed by atoms with Crippen LogP contribution in [0.25, 0.3) is 5.57 Å². The Balaban J connectivity index is 0.00000222. The van der Waals surface area contributed by atoms with Crippen LogP contribution >= 0.6 is 0 Å². The lowest BCUT2D eigenvalue weighted by molar-refractivity contribution is -0.135. The average Bonchev–Trinajstić information content (AvgIpc) is 2.92. The fraction of sp³-hybridized carbons (Fsp3) is 0.517. The van der Waals surface area contributed by atoms with E-state index in [-0.39, 0.29) is 17.6 Å². The van der Waals surface area contributed by atoms with Crippen molar-refractivity contribution in [2.24, 2.45) is 10.9 Å². The molecule has 0 saturated carbocycles. The van der Waals surface area contributed by atoms with Crippen LogP contribution in [0.15, 0.2) is 47.4 Å². The molecule has 0 spiro atoms. The van der Waals surface area contributed by atoms with Crippen LogP contribution < -0.4 is 0 Å². The second-order valence-corrected chi connectivity index (χ2v) is 8.86. The first-order valence-corrected chi connectivity index (χ1v) is 13.1. The van der Waals surface area contributed by atoms with Crippen molar-refractivity contribution in [2.75, 3.05) is 26.2 Å². The molecule has 0 unspecified atom stereocenters. The zero-order chi connectivity index (χ0) is 26.5. The summed E-state index contributed by atoms with van der Waals surface area (Å²) in [5.74, 6) is -0.248. The number of piperidine rings is 1. The molecule has 1 aliphatic rings. The van der Waals surface area contributed by atoms with E-state index in [2.05, 4.69) is 23.8 Å². The van der Waals surface area contributed by atoms with Crippen molar-refractivity contribution in [1.29, 1.82) is 0 Å². The third-order valence-corrected chi connectivity index (χ3v) is 6.54. The maximum Gasteiger partial charge on any atom is 0.248 e. The van der Waals surface area contributed by atoms with E-state index in [0.717, 1.165) is 65.8 Å². The van der Waals surface area contributed by atoms with E-state index >= 15 is 0 Å². The van der Waals surface area contributed by atoms with Gasteiger partial charge in [-0.15, -0.1) is 0 Å². The highest BCUT2D eigenvalue weighted by Crippen LogP contribution is 2.33. The van der Waals surface area contributed by atoms with Crippen LogP contribution in [0.1, 0.15) is 76.6 Å². The number of halogens is 1. The first-order valence-electron chi connectivity index (χ1n) is 13.1. The van der Waals surface area contributed by atoms with E-state index < -0.39 is 6.61 Å². The van der Waals surface area contributed by atoms with Crippen LogP contribution in [0, 0.1) is 18.7 Å². The molecule has 1 aromatic carbocycles. The lowest BCUT2D eigenvalue weighted by atomic mass is 9.83. The van der Waals surface area contributed by atoms with Gasteiger partial charge in [0, 0.05) is 37.0 Å². The van der Waals surface area contributed by atoms with Crippen molar-refractivity contribution >= 4 is 17.2 Å². The minimum absolute atomic E-state index is 0.226. The number of allylic oxidation sites excluding steroid dienone is 2. The summed E-state index contributed by atoms with van der Waals surface area (Å²) in [6, 6.07) is 6.72. The Labute approximate surface area is 215 Å². The van der Waals surface area contributed by atoms with Crippen LogP contribution in [0.4, 0.5) is 4.39 Å². The Hall–Kier alpha value is -2.93. The quantitative estimate of drug-likeness (QED) is 0.360. The smallest absolute Gasteiger partial charge is 0.248 e. The van der Waals surface area contributed by atoms with Gasteiger partial charge >= 0.3 is 0 Å². The van der Waals surface area contributed by atoms with Gasteiger partial charge in [0.25, 0.3) is 0 Å². The summed E-state index contributed by atoms with van der Waals surface area (Å²) in [5.41, 5.74) is 5.47. The van der Waals surface area contributed by atoms with E-state index in [1.54, 1.807) is 23.2 Å². The molecule has 36 heavy (non-hydrogen) atoms. The Morgan fingerprint density at radius 3 is 2.50 bits per heavy atom. The summed E-state index contributed by atoms with van der Waals surface area (Å²) in [6.07, 6.45) is 8.07. The van der Waals surface area contributed by atoms with Crippen LogP contribution in [-0.4, -0.2) is 57.8 Å². The highest BCUT2D eigenvalue weighted by molar-refractivity contribution is 6.32. The number of benzene rings is 1. The molecule has 0 radical (unpaired) electrons. The second-order valence-electron chi connectivity index (χ2n) is 8.86. The second kappa shape index (κ2) is 15.2. The molecule has 1 aliphatic heterocycles. The molecular formula is C29H41FN4O2. The molecule has 1 amide bonds. The maximum absolute atomic E-state index is 13.9. The topological polar surface area (TPSA) is 78.7 Å². The lowest BCUT2D eigenvalue weighted by Crippen LogP contribution is -2.40. The normalized spacial score (nSPS) is 15.2. The maximum atomic E-state index is 13.9. The van der Waals surface area contributed by atoms with Gasteiger partial charge in [0.2, 0.25) is 5.91 Å². The average molecular weight is 497 g/mol. The number of nitrogens with zero attached hydrogens (tertiary/aromatic N) is 4. The van der Waals surface area contributed by atoms with Crippen LogP contribution in [0.3, 0.4) is 0 Å². The number of amides is 1. The number of hydrogen-bond donors (Lipinski definition) is 1. The molecule has 2 aromatic rings. The molecule has 7 heteroatoms. The van der Waals surface area contributed by atoms with Gasteiger partial charge in [-0.1, -0.05) is 39.2 Å². The highest BCUT2D eigenvalue weighted by Gasteiger charge is 2.27. The first-order chi connectivity index (χ1) is 17.5. The molecule has 0 atom stereocenters. The molecule has 196 valence electrons. The molecule has 1 N–H and O–H groups in total. The Morgan fingerprint density at radius 2 is 1.92 bits per heavy atom. The lowest BCUT2D eigenvalue weighted by Gasteiger charge is -2.33. The van der Waals surface area contributed by atoms with Crippen molar-refractivity contribution in [3.63, 3.8) is 0 Å². The van der Waals surface area contributed by atoms with Crippen LogP contribution in [0.5, 0.6) is 0 Å². The van der Waals surface area contributed by atoms with Crippen LogP contribution in [-0.2, 0) is 4.79 Å². The van der Waals surface area contributed by atoms with Crippen molar-refractivity contribution < 1.29 is 14.3 Å². The largest absolute Gasteiger partial charge is 0.387 e. The molecule has 1 saturated heterocycles. The summed E-state index contributed by atoms with van der Waals surface area (Å²) < 4.78 is 13.9. The molecule has 0 aliphatic carbocycles. The van der Waals surface area contributed by atoms with Crippen molar-refractivity contribution in [2.45, 2.75) is 66.7 Å². The molecule has 2 heterocycles. The third kappa shape index (κ3) is 7.79. The number of aliphatic hydroxyl groups excluding tert-OH is 1. The standard InChI is InChI=1S/C27H35FN4O2.C2H6/c1-4-5-6-12-30-27(23-8-7-22(28)16-19(23)2)26(24-9-13-29-18-31-24)20(3)21-10-14-32(15-11-21)25(34)17-33;1-2/h7-9,13,16,18,21,33H,4-6,10-12,14-15,17H2,1-3H3;1-2H3/b26-20+,30-27?;. The van der Waals surface area contributed by atoms with Gasteiger partial charge in [0.15, 0.2) is 0 Å². The van der Waals surface area contributed by atoms with E-state index in [1.165, 1.54) is 12.4 Å². The van der Waals surface area contributed by atoms with E-state index in [9.17, 15) is 14.3 Å². The van der Waals surface area contributed by atoms with Gasteiger partial charge in [-0.2, -0.15) is 0 Å². The number of rotatable bonds is 9. The Bertz CT molecular complexity index is 1030. The number of aliphatic imine (C=N–C) groups is 1. The SMILES string of the molecule is CC.CCCCCN=C(/C(=C(\C)C1CCN(C(=O)CO)CC1)c1ccncn1)c1ccc(F)cc1C. The fourth-order valence-corrected chi connectivity index (χ4v) is 4.56. The fourth-order valence-electron chi connectivity index (χ4n) is 4.56. The first kappa shape index (κ1) is 29.3. The number of unbranched alkanes of at least 4 members (excludes halogenated alkanes) is 2. The number of hydrogen-bond acceptors (Lipinski definition) is 5. The summed E-state index contributed by atoms with van der Waals surface area (Å²) in [4.78, 5) is 27.4. The minimum atomic E-state index is -0.454. The van der Waals surface area contributed by atoms with E-state index in [0.29, 0.717) is 19.6 Å². The Kier molecular flexibility index (Phi) is 12.4. The molecule has 1 aromatic heterocycles. The number of aromatic nitrogens is 2. The van der Waals surface area contributed by atoms with E-state index in [4.69, 9.17) is 4.99 Å². The Morgan fingerprint density at radius 1 is 1.19 bits per heavy atom. The summed E-state index contributed by atoms with van der Waals surface area (Å²) in [5, 5.41) is 9.21. The third-order valence-electron chi connectivity index (χ3n) is 6.54. The van der Waals surface area contributed by atoms with Crippen molar-refractivity contribution in [3.05, 3.63) is 65.0 Å². The van der Waals surface area contributed by atoms with Gasteiger partial charge in [-0.3, -0.25) is 9.79 Å². The number of carbonyl (C=O) groups is 1. The summed E-state index contributed by atoms with van der Waals surface area (Å²) in [6.45, 7) is 11.6. The van der Waals surface area contributed by atoms with Gasteiger partial charge in [0.1, 0.15) is 18.8 Å². The van der Waals surface area contributed by atoms with Gasteiger partial charge in [0.05, 0.1) is 11.4 Å². The summed E-state index contributed by atoms with van der Waals surface area (Å²) >= 11 is 0. The molecule has 3 rings (SSSR count). The van der Waals surface area contributed by atoms with Crippen LogP contribution in [0.2, 0.25) is 0 Å². The van der Waals surface area contributed by atoms with Crippen molar-refractivity contribution in [3.8, 4) is 0 Å². The zero-order valence-electron chi connectivity index (χ0n) is 22.4. The van der Waals surface area contributed by atoms with Crippen molar-refractivity contribution in [1.82, 2.24) is 14.9 Å². The minimum Gasteiger partial charge on any atom is -0.387 e. The molecular weight excluding hydrogens is 455 g/mol. The number of carbonyl (C=O) groups excluding carboxylic acids is 1. The zero-order valence-corrected chi connectivity index (χ0v) is 22.4. The molecule has 1 fully saturated rings. The highest BCUT2D eigenvalue weighted by atomic mass is 19.1. The van der Waals surface area contributed by atoms with Gasteiger partial charge in [-0.25, -0.2) is 14.4 Å². The number of aliphatic hydroxyl groups is 1. The monoisotopic (exact) mass is 496 g/mol. The predicted octanol–water partition coefficient (Wildman–Crippen LogP) is 5.63. The number of aryl methyl sites for hydroxylation is 1.